The summed E-state index contributed by atoms with van der Waals surface area (Å²) in [6.45, 7) is 1.73. The molecular weight excluding hydrogens is 609 g/mol. The van der Waals surface area contributed by atoms with Gasteiger partial charge < -0.3 is 30.3 Å². The maximum Gasteiger partial charge on any atom is 0.493 e. The van der Waals surface area contributed by atoms with Crippen LogP contribution in [0.3, 0.4) is 0 Å². The van der Waals surface area contributed by atoms with Crippen LogP contribution < -0.4 is 10.6 Å². The lowest BCUT2D eigenvalue weighted by molar-refractivity contribution is -0.233. The number of rotatable bonds is 7. The molecule has 0 bridgehead atoms. The van der Waals surface area contributed by atoms with Crippen molar-refractivity contribution in [2.75, 3.05) is 40.8 Å². The highest BCUT2D eigenvalue weighted by Crippen LogP contribution is 2.43. The molecule has 0 saturated heterocycles. The second kappa shape index (κ2) is 12.6. The number of benzene rings is 1. The zero-order chi connectivity index (χ0) is 31.1. The monoisotopic (exact) mass is 642 g/mol. The van der Waals surface area contributed by atoms with Crippen molar-refractivity contribution in [2.45, 2.75) is 49.3 Å². The summed E-state index contributed by atoms with van der Waals surface area (Å²) < 4.78 is 39.5. The molecule has 15 heteroatoms. The molecule has 3 N–H and O–H groups in total. The number of hydroxylamine groups is 2. The van der Waals surface area contributed by atoms with Gasteiger partial charge in [0.05, 0.1) is 5.70 Å². The van der Waals surface area contributed by atoms with Gasteiger partial charge in [-0.3, -0.25) is 9.59 Å². The van der Waals surface area contributed by atoms with E-state index in [0.29, 0.717) is 53.7 Å². The second-order valence-corrected chi connectivity index (χ2v) is 13.2. The Labute approximate surface area is 256 Å². The summed E-state index contributed by atoms with van der Waals surface area (Å²) in [6.07, 6.45) is -2.94. The average Bonchev–Trinajstić information content (AvgIpc) is 3.50. The molecule has 1 aliphatic carbocycles. The van der Waals surface area contributed by atoms with Crippen molar-refractivity contribution in [3.63, 3.8) is 0 Å². The van der Waals surface area contributed by atoms with Gasteiger partial charge in [0.25, 0.3) is 11.8 Å². The van der Waals surface area contributed by atoms with Crippen molar-refractivity contribution in [1.82, 2.24) is 30.5 Å². The summed E-state index contributed by atoms with van der Waals surface area (Å²) in [7, 11) is 5.78. The molecule has 2 amide bonds. The molecule has 0 radical (unpaired) electrons. The Morgan fingerprint density at radius 2 is 1.93 bits per heavy atom. The first kappa shape index (κ1) is 31.5. The first-order chi connectivity index (χ1) is 20.3. The lowest BCUT2D eigenvalue weighted by Crippen LogP contribution is -2.57. The molecule has 2 aliphatic heterocycles. The molecule has 43 heavy (non-hydrogen) atoms. The van der Waals surface area contributed by atoms with E-state index < -0.39 is 35.5 Å². The van der Waals surface area contributed by atoms with Gasteiger partial charge in [-0.05, 0) is 70.6 Å². The number of thioether (sulfide) groups is 1. The van der Waals surface area contributed by atoms with Crippen LogP contribution in [0, 0.1) is 5.92 Å². The van der Waals surface area contributed by atoms with Crippen molar-refractivity contribution in [2.24, 2.45) is 5.92 Å². The number of nitrogens with one attached hydrogen (secondary N) is 3. The van der Waals surface area contributed by atoms with Gasteiger partial charge in [0, 0.05) is 59.0 Å². The van der Waals surface area contributed by atoms with Crippen molar-refractivity contribution >= 4 is 52.0 Å². The Morgan fingerprint density at radius 1 is 1.16 bits per heavy atom. The largest absolute Gasteiger partial charge is 0.493 e. The third kappa shape index (κ3) is 7.24. The predicted molar refractivity (Wildman–Crippen MR) is 157 cm³/mol. The highest BCUT2D eigenvalue weighted by atomic mass is 35.5. The summed E-state index contributed by atoms with van der Waals surface area (Å²) in [6, 6.07) is 6.02. The molecule has 2 aromatic rings. The number of H-pyrrole nitrogens is 1. The fraction of sp³-hybridized carbons (Fsp3) is 0.536. The highest BCUT2D eigenvalue weighted by molar-refractivity contribution is 8.04. The summed E-state index contributed by atoms with van der Waals surface area (Å²) >= 11 is 7.17. The predicted octanol–water partition coefficient (Wildman–Crippen LogP) is 3.71. The molecule has 4 unspecified atom stereocenters. The Balaban J connectivity index is 1.34. The Kier molecular flexibility index (Phi) is 9.21. The number of alkyl halides is 3. The van der Waals surface area contributed by atoms with Crippen LogP contribution in [0.4, 0.5) is 13.2 Å². The number of carbonyl (C=O) groups excluding carboxylic acids is 3. The van der Waals surface area contributed by atoms with Crippen LogP contribution in [0.15, 0.2) is 34.9 Å². The van der Waals surface area contributed by atoms with Gasteiger partial charge in [0.2, 0.25) is 0 Å². The number of hydrogen-bond acceptors (Lipinski definition) is 8. The van der Waals surface area contributed by atoms with Crippen LogP contribution in [0.1, 0.15) is 36.2 Å². The second-order valence-electron chi connectivity index (χ2n) is 11.6. The molecule has 1 saturated carbocycles. The summed E-state index contributed by atoms with van der Waals surface area (Å²) in [4.78, 5) is 51.4. The third-order valence-corrected chi connectivity index (χ3v) is 9.40. The van der Waals surface area contributed by atoms with E-state index in [4.69, 9.17) is 16.4 Å². The van der Waals surface area contributed by atoms with Crippen LogP contribution in [-0.4, -0.2) is 102 Å². The number of fused-ring (bicyclic) bond motifs is 1. The van der Waals surface area contributed by atoms with Crippen molar-refractivity contribution in [3.05, 3.63) is 45.6 Å². The number of hydrogen-bond donors (Lipinski definition) is 3. The molecule has 1 aromatic heterocycles. The molecule has 3 heterocycles. The maximum absolute atomic E-state index is 13.7. The van der Waals surface area contributed by atoms with E-state index in [1.54, 1.807) is 24.3 Å². The zero-order valence-corrected chi connectivity index (χ0v) is 25.5. The number of halogens is 4. The summed E-state index contributed by atoms with van der Waals surface area (Å²) in [5.41, 5.74) is 1.50. The van der Waals surface area contributed by atoms with Crippen LogP contribution in [0.5, 0.6) is 0 Å². The Bertz CT molecular complexity index is 1430. The summed E-state index contributed by atoms with van der Waals surface area (Å²) in [5.74, 6) is -3.10. The average molecular weight is 643 g/mol. The van der Waals surface area contributed by atoms with Crippen molar-refractivity contribution < 1.29 is 32.4 Å². The topological polar surface area (TPSA) is 110 Å². The van der Waals surface area contributed by atoms with E-state index in [1.165, 1.54) is 0 Å². The number of likely N-dealkylation sites (N-methyl/N-ethyl adjacent to an activating group) is 1. The molecule has 234 valence electrons. The fourth-order valence-electron chi connectivity index (χ4n) is 5.92. The zero-order valence-electron chi connectivity index (χ0n) is 24.0. The Morgan fingerprint density at radius 3 is 2.65 bits per heavy atom. The molecule has 4 atom stereocenters. The van der Waals surface area contributed by atoms with Gasteiger partial charge in [0.15, 0.2) is 5.37 Å². The molecule has 0 spiro atoms. The lowest BCUT2D eigenvalue weighted by Gasteiger charge is -2.38. The quantitative estimate of drug-likeness (QED) is 0.420. The smallest absolute Gasteiger partial charge is 0.351 e. The number of amides is 2. The van der Waals surface area contributed by atoms with Crippen LogP contribution in [0.25, 0.3) is 10.9 Å². The lowest BCUT2D eigenvalue weighted by atomic mass is 9.81. The van der Waals surface area contributed by atoms with Crippen molar-refractivity contribution in [3.8, 4) is 0 Å². The summed E-state index contributed by atoms with van der Waals surface area (Å²) in [5, 5.41) is 6.96. The van der Waals surface area contributed by atoms with Gasteiger partial charge in [-0.1, -0.05) is 23.4 Å². The minimum Gasteiger partial charge on any atom is -0.351 e. The standard InChI is InChI=1S/C28H34ClF3N6O4S/c1-36(2)13-15-4-6-19(34-24(39)21-12-16-11-17(29)5-7-18(16)33-21)20(10-15)35-25(40)26-38(42-27(41)28(30,31)32)22-8-9-37(3)14-23(22)43-26/h5,7,11-12,15,19-20,26,33H,4,6,8-10,13-14H2,1-3H3,(H,34,39)(H,35,40). The fourth-order valence-corrected chi connectivity index (χ4v) is 7.43. The van der Waals surface area contributed by atoms with E-state index in [0.717, 1.165) is 40.7 Å². The van der Waals surface area contributed by atoms with E-state index in [2.05, 4.69) is 20.5 Å². The normalized spacial score (nSPS) is 24.8. The van der Waals surface area contributed by atoms with E-state index in [1.807, 2.05) is 26.0 Å². The van der Waals surface area contributed by atoms with Crippen LogP contribution in [-0.2, 0) is 14.4 Å². The third-order valence-electron chi connectivity index (χ3n) is 7.89. The number of nitrogens with zero attached hydrogens (tertiary/aromatic N) is 3. The van der Waals surface area contributed by atoms with Gasteiger partial charge in [-0.2, -0.15) is 18.2 Å². The number of carbonyl (C=O) groups is 3. The van der Waals surface area contributed by atoms with Gasteiger partial charge >= 0.3 is 12.1 Å². The molecule has 1 aromatic carbocycles. The SMILES string of the molecule is CN(C)CC1CCC(NC(=O)c2cc3cc(Cl)ccc3[nH]2)C(NC(=O)C2SC3=C(CCN(C)C3)N2OC(=O)C(F)(F)F)C1. The van der Waals surface area contributed by atoms with E-state index in [9.17, 15) is 27.6 Å². The molecule has 3 aliphatic rings. The number of aromatic nitrogens is 1. The minimum atomic E-state index is -5.22. The van der Waals surface area contributed by atoms with Crippen molar-refractivity contribution in [1.29, 1.82) is 0 Å². The van der Waals surface area contributed by atoms with Gasteiger partial charge in [-0.15, -0.1) is 0 Å². The maximum atomic E-state index is 13.7. The van der Waals surface area contributed by atoms with Gasteiger partial charge in [-0.25, -0.2) is 4.79 Å². The minimum absolute atomic E-state index is 0.221. The first-order valence-corrected chi connectivity index (χ1v) is 15.2. The van der Waals surface area contributed by atoms with Gasteiger partial charge in [0.1, 0.15) is 5.69 Å². The number of aromatic amines is 1. The molecular formula is C28H34ClF3N6O4S. The Hall–Kier alpha value is -2.94. The molecule has 1 fully saturated rings. The highest BCUT2D eigenvalue weighted by Gasteiger charge is 2.48. The van der Waals surface area contributed by atoms with E-state index in [-0.39, 0.29) is 11.8 Å². The molecule has 10 nitrogen and oxygen atoms in total. The van der Waals surface area contributed by atoms with E-state index >= 15 is 0 Å². The van der Waals surface area contributed by atoms with Crippen LogP contribution in [0.2, 0.25) is 5.02 Å². The first-order valence-electron chi connectivity index (χ1n) is 14.0. The van der Waals surface area contributed by atoms with Crippen LogP contribution >= 0.6 is 23.4 Å². The molecule has 5 rings (SSSR count).